The summed E-state index contributed by atoms with van der Waals surface area (Å²) in [5.74, 6) is 2.60. The van der Waals surface area contributed by atoms with Crippen LogP contribution in [0.25, 0.3) is 0 Å². The Morgan fingerprint density at radius 2 is 1.72 bits per heavy atom. The lowest BCUT2D eigenvalue weighted by atomic mass is 10.2. The third-order valence-corrected chi connectivity index (χ3v) is 5.35. The highest BCUT2D eigenvalue weighted by atomic mass is 127. The zero-order valence-electron chi connectivity index (χ0n) is 19.3. The molecule has 7 nitrogen and oxygen atoms in total. The molecule has 1 fully saturated rings. The number of guanidine groups is 1. The van der Waals surface area contributed by atoms with Crippen molar-refractivity contribution in [3.8, 4) is 11.5 Å². The van der Waals surface area contributed by atoms with E-state index in [1.54, 1.807) is 14.2 Å². The number of rotatable bonds is 9. The van der Waals surface area contributed by atoms with Gasteiger partial charge in [0, 0.05) is 57.9 Å². The zero-order chi connectivity index (χ0) is 21.9. The Morgan fingerprint density at radius 3 is 2.41 bits per heavy atom. The molecule has 0 saturated carbocycles. The normalized spacial score (nSPS) is 14.4. The summed E-state index contributed by atoms with van der Waals surface area (Å²) < 4.78 is 17.0. The number of hydrogen-bond donors (Lipinski definition) is 1. The van der Waals surface area contributed by atoms with Gasteiger partial charge >= 0.3 is 0 Å². The number of aliphatic imine (C=N–C) groups is 1. The maximum atomic E-state index is 6.10. The summed E-state index contributed by atoms with van der Waals surface area (Å²) >= 11 is 0. The van der Waals surface area contributed by atoms with E-state index in [9.17, 15) is 0 Å². The van der Waals surface area contributed by atoms with Crippen LogP contribution in [0, 0.1) is 0 Å². The van der Waals surface area contributed by atoms with E-state index in [2.05, 4.69) is 32.2 Å². The summed E-state index contributed by atoms with van der Waals surface area (Å²) in [7, 11) is 5.51. The number of para-hydroxylation sites is 2. The Balaban J connectivity index is 0.00000363. The molecule has 8 heteroatoms. The molecule has 2 aromatic carbocycles. The van der Waals surface area contributed by atoms with Crippen LogP contribution in [-0.2, 0) is 17.8 Å². The maximum Gasteiger partial charge on any atom is 0.193 e. The fraction of sp³-hybridized carbons (Fsp3) is 0.458. The molecule has 0 amide bonds. The SMILES string of the molecule is CN=C(NCc1ccccc1OCCN1CCOCC1)N(C)Cc1ccccc1OC.I. The molecular weight excluding hydrogens is 519 g/mol. The highest BCUT2D eigenvalue weighted by molar-refractivity contribution is 14.0. The average molecular weight is 554 g/mol. The van der Waals surface area contributed by atoms with Crippen molar-refractivity contribution < 1.29 is 14.2 Å². The van der Waals surface area contributed by atoms with E-state index in [4.69, 9.17) is 14.2 Å². The summed E-state index contributed by atoms with van der Waals surface area (Å²) in [6.45, 7) is 6.47. The highest BCUT2D eigenvalue weighted by Crippen LogP contribution is 2.20. The molecule has 2 aromatic rings. The largest absolute Gasteiger partial charge is 0.496 e. The van der Waals surface area contributed by atoms with Crippen LogP contribution in [0.1, 0.15) is 11.1 Å². The lowest BCUT2D eigenvalue weighted by Crippen LogP contribution is -2.39. The Labute approximate surface area is 208 Å². The first-order valence-corrected chi connectivity index (χ1v) is 10.8. The lowest BCUT2D eigenvalue weighted by Gasteiger charge is -2.26. The van der Waals surface area contributed by atoms with Gasteiger partial charge in [-0.3, -0.25) is 9.89 Å². The van der Waals surface area contributed by atoms with Crippen LogP contribution in [0.15, 0.2) is 53.5 Å². The monoisotopic (exact) mass is 554 g/mol. The Bertz CT molecular complexity index is 843. The van der Waals surface area contributed by atoms with E-state index < -0.39 is 0 Å². The molecule has 0 atom stereocenters. The third-order valence-electron chi connectivity index (χ3n) is 5.35. The number of benzene rings is 2. The molecule has 1 saturated heterocycles. The predicted octanol–water partition coefficient (Wildman–Crippen LogP) is 3.23. The number of ether oxygens (including phenoxy) is 3. The zero-order valence-corrected chi connectivity index (χ0v) is 21.6. The summed E-state index contributed by atoms with van der Waals surface area (Å²) in [5, 5.41) is 3.45. The summed E-state index contributed by atoms with van der Waals surface area (Å²) in [5.41, 5.74) is 2.22. The lowest BCUT2D eigenvalue weighted by molar-refractivity contribution is 0.0322. The van der Waals surface area contributed by atoms with Crippen molar-refractivity contribution in [2.75, 3.05) is 60.7 Å². The van der Waals surface area contributed by atoms with Crippen molar-refractivity contribution in [1.29, 1.82) is 0 Å². The van der Waals surface area contributed by atoms with Gasteiger partial charge in [-0.2, -0.15) is 0 Å². The fourth-order valence-electron chi connectivity index (χ4n) is 3.62. The Hall–Kier alpha value is -2.04. The van der Waals surface area contributed by atoms with E-state index in [1.807, 2.05) is 43.4 Å². The molecule has 176 valence electrons. The van der Waals surface area contributed by atoms with Crippen LogP contribution in [0.2, 0.25) is 0 Å². The minimum Gasteiger partial charge on any atom is -0.496 e. The van der Waals surface area contributed by atoms with Crippen molar-refractivity contribution in [3.05, 3.63) is 59.7 Å². The standard InChI is InChI=1S/C24H34N4O3.HI/c1-25-24(27(2)19-21-9-5-6-10-22(21)29-3)26-18-20-8-4-7-11-23(20)31-17-14-28-12-15-30-16-13-28;/h4-11H,12-19H2,1-3H3,(H,25,26);1H. The number of nitrogens with one attached hydrogen (secondary N) is 1. The number of hydrogen-bond acceptors (Lipinski definition) is 5. The van der Waals surface area contributed by atoms with E-state index in [0.29, 0.717) is 19.7 Å². The van der Waals surface area contributed by atoms with Crippen LogP contribution in [0.4, 0.5) is 0 Å². The summed E-state index contributed by atoms with van der Waals surface area (Å²) in [6.07, 6.45) is 0. The van der Waals surface area contributed by atoms with Crippen LogP contribution < -0.4 is 14.8 Å². The van der Waals surface area contributed by atoms with Crippen LogP contribution in [0.3, 0.4) is 0 Å². The minimum atomic E-state index is 0. The predicted molar refractivity (Wildman–Crippen MR) is 139 cm³/mol. The molecule has 32 heavy (non-hydrogen) atoms. The van der Waals surface area contributed by atoms with Crippen molar-refractivity contribution in [2.24, 2.45) is 4.99 Å². The topological polar surface area (TPSA) is 58.6 Å². The van der Waals surface area contributed by atoms with Gasteiger partial charge in [-0.1, -0.05) is 36.4 Å². The number of methoxy groups -OCH3 is 1. The van der Waals surface area contributed by atoms with Gasteiger partial charge < -0.3 is 24.4 Å². The van der Waals surface area contributed by atoms with Gasteiger partial charge in [-0.05, 0) is 12.1 Å². The number of morpholine rings is 1. The van der Waals surface area contributed by atoms with Crippen LogP contribution in [0.5, 0.6) is 11.5 Å². The quantitative estimate of drug-likeness (QED) is 0.292. The second-order valence-corrected chi connectivity index (χ2v) is 7.48. The number of nitrogens with zero attached hydrogens (tertiary/aromatic N) is 3. The third kappa shape index (κ3) is 7.83. The first-order chi connectivity index (χ1) is 15.2. The van der Waals surface area contributed by atoms with Gasteiger partial charge in [0.05, 0.1) is 20.3 Å². The molecule has 0 aliphatic carbocycles. The second kappa shape index (κ2) is 14.2. The van der Waals surface area contributed by atoms with Crippen molar-refractivity contribution in [3.63, 3.8) is 0 Å². The molecule has 0 unspecified atom stereocenters. The Morgan fingerprint density at radius 1 is 1.06 bits per heavy atom. The maximum absolute atomic E-state index is 6.10. The number of halogens is 1. The van der Waals surface area contributed by atoms with Crippen molar-refractivity contribution in [1.82, 2.24) is 15.1 Å². The van der Waals surface area contributed by atoms with Gasteiger partial charge in [0.15, 0.2) is 5.96 Å². The van der Waals surface area contributed by atoms with E-state index in [-0.39, 0.29) is 24.0 Å². The summed E-state index contributed by atoms with van der Waals surface area (Å²) in [4.78, 5) is 8.90. The van der Waals surface area contributed by atoms with E-state index in [0.717, 1.165) is 61.4 Å². The average Bonchev–Trinajstić information content (AvgIpc) is 2.81. The smallest absolute Gasteiger partial charge is 0.193 e. The first-order valence-electron chi connectivity index (χ1n) is 10.8. The van der Waals surface area contributed by atoms with E-state index in [1.165, 1.54) is 0 Å². The molecule has 0 radical (unpaired) electrons. The molecule has 1 aliphatic heterocycles. The van der Waals surface area contributed by atoms with Gasteiger partial charge in [-0.25, -0.2) is 0 Å². The fourth-order valence-corrected chi connectivity index (χ4v) is 3.62. The molecule has 1 aliphatic rings. The van der Waals surface area contributed by atoms with Crippen molar-refractivity contribution >= 4 is 29.9 Å². The molecule has 1 heterocycles. The minimum absolute atomic E-state index is 0. The molecule has 0 bridgehead atoms. The summed E-state index contributed by atoms with van der Waals surface area (Å²) in [6, 6.07) is 16.2. The molecule has 0 spiro atoms. The van der Waals surface area contributed by atoms with Crippen LogP contribution in [-0.4, -0.2) is 76.4 Å². The Kier molecular flexibility index (Phi) is 11.6. The second-order valence-electron chi connectivity index (χ2n) is 7.48. The molecular formula is C24H35IN4O3. The van der Waals surface area contributed by atoms with Gasteiger partial charge in [0.25, 0.3) is 0 Å². The van der Waals surface area contributed by atoms with Crippen molar-refractivity contribution in [2.45, 2.75) is 13.1 Å². The molecule has 1 N–H and O–H groups in total. The molecule has 3 rings (SSSR count). The van der Waals surface area contributed by atoms with Gasteiger partial charge in [0.2, 0.25) is 0 Å². The molecule has 0 aromatic heterocycles. The van der Waals surface area contributed by atoms with Gasteiger partial charge in [-0.15, -0.1) is 24.0 Å². The first kappa shape index (κ1) is 26.2. The van der Waals surface area contributed by atoms with Crippen LogP contribution >= 0.6 is 24.0 Å². The van der Waals surface area contributed by atoms with E-state index >= 15 is 0 Å². The van der Waals surface area contributed by atoms with Gasteiger partial charge in [0.1, 0.15) is 18.1 Å². The highest BCUT2D eigenvalue weighted by Gasteiger charge is 2.12.